The number of nitriles is 1. The van der Waals surface area contributed by atoms with Crippen LogP contribution in [0, 0.1) is 17.2 Å². The fourth-order valence-corrected chi connectivity index (χ4v) is 6.12. The predicted molar refractivity (Wildman–Crippen MR) is 139 cm³/mol. The van der Waals surface area contributed by atoms with Crippen molar-refractivity contribution < 1.29 is 19.7 Å². The molecule has 7 heteroatoms. The average molecular weight is 500 g/mol. The quantitative estimate of drug-likeness (QED) is 0.549. The van der Waals surface area contributed by atoms with Crippen molar-refractivity contribution in [2.45, 2.75) is 49.5 Å². The summed E-state index contributed by atoms with van der Waals surface area (Å²) in [6.07, 6.45) is 1.90. The molecule has 5 rings (SSSR count). The molecule has 2 aromatic carbocycles. The van der Waals surface area contributed by atoms with Crippen molar-refractivity contribution >= 4 is 0 Å². The lowest BCUT2D eigenvalue weighted by Crippen LogP contribution is -2.52. The second kappa shape index (κ2) is 8.84. The van der Waals surface area contributed by atoms with Crippen LogP contribution in [-0.4, -0.2) is 52.4 Å². The maximum absolute atomic E-state index is 12.8. The molecular weight excluding hydrogens is 466 g/mol. The van der Waals surface area contributed by atoms with Gasteiger partial charge in [-0.3, -0.25) is 4.98 Å². The zero-order valence-electron chi connectivity index (χ0n) is 21.8. The Hall–Kier alpha value is -3.44. The summed E-state index contributed by atoms with van der Waals surface area (Å²) >= 11 is 0. The number of aliphatic hydroxyl groups is 2. The number of ether oxygens (including phenoxy) is 2. The monoisotopic (exact) mass is 499 g/mol. The van der Waals surface area contributed by atoms with Crippen LogP contribution in [0.5, 0.6) is 11.5 Å². The molecule has 0 unspecified atom stereocenters. The third kappa shape index (κ3) is 3.55. The lowest BCUT2D eigenvalue weighted by atomic mass is 9.70. The summed E-state index contributed by atoms with van der Waals surface area (Å²) in [5.74, 6) is -0.123. The number of aliphatic hydroxyl groups excluding tert-OH is 1. The van der Waals surface area contributed by atoms with Crippen LogP contribution in [0.3, 0.4) is 0 Å². The van der Waals surface area contributed by atoms with Crippen LogP contribution < -0.4 is 9.47 Å². The number of aromatic nitrogens is 1. The Morgan fingerprint density at radius 2 is 1.78 bits per heavy atom. The van der Waals surface area contributed by atoms with Crippen molar-refractivity contribution in [3.05, 3.63) is 89.2 Å². The Bertz CT molecular complexity index is 1330. The molecule has 1 fully saturated rings. The first-order valence-electron chi connectivity index (χ1n) is 12.5. The molecular formula is C30H33N3O4. The molecule has 2 N–H and O–H groups in total. The molecule has 192 valence electrons. The fourth-order valence-electron chi connectivity index (χ4n) is 6.12. The molecule has 1 aliphatic heterocycles. The summed E-state index contributed by atoms with van der Waals surface area (Å²) in [4.78, 5) is 6.46. The highest BCUT2D eigenvalue weighted by molar-refractivity contribution is 5.59. The number of hydrogen-bond acceptors (Lipinski definition) is 7. The van der Waals surface area contributed by atoms with E-state index in [0.717, 1.165) is 5.56 Å². The van der Waals surface area contributed by atoms with E-state index in [-0.39, 0.29) is 5.54 Å². The summed E-state index contributed by atoms with van der Waals surface area (Å²) in [5, 5.41) is 34.4. The predicted octanol–water partition coefficient (Wildman–Crippen LogP) is 3.94. The van der Waals surface area contributed by atoms with E-state index in [1.54, 1.807) is 18.3 Å². The van der Waals surface area contributed by atoms with Crippen LogP contribution in [0.15, 0.2) is 67.0 Å². The first kappa shape index (κ1) is 25.2. The number of methoxy groups -OCH3 is 1. The van der Waals surface area contributed by atoms with Gasteiger partial charge in [-0.25, -0.2) is 0 Å². The third-order valence-corrected chi connectivity index (χ3v) is 8.25. The normalized spacial score (nSPS) is 28.4. The van der Waals surface area contributed by atoms with Gasteiger partial charge in [-0.05, 0) is 51.1 Å². The Balaban J connectivity index is 1.82. The van der Waals surface area contributed by atoms with Crippen molar-refractivity contribution in [3.63, 3.8) is 0 Å². The van der Waals surface area contributed by atoms with Crippen LogP contribution in [0.2, 0.25) is 0 Å². The first-order valence-corrected chi connectivity index (χ1v) is 12.5. The lowest BCUT2D eigenvalue weighted by molar-refractivity contribution is -0.152. The number of hydrogen-bond donors (Lipinski definition) is 2. The van der Waals surface area contributed by atoms with Crippen LogP contribution in [0.25, 0.3) is 0 Å². The van der Waals surface area contributed by atoms with Gasteiger partial charge in [0, 0.05) is 23.9 Å². The molecule has 3 aromatic rings. The van der Waals surface area contributed by atoms with Crippen molar-refractivity contribution in [3.8, 4) is 17.6 Å². The molecule has 2 heterocycles. The van der Waals surface area contributed by atoms with Gasteiger partial charge in [0.05, 0.1) is 42.8 Å². The van der Waals surface area contributed by atoms with E-state index in [4.69, 9.17) is 9.47 Å². The van der Waals surface area contributed by atoms with E-state index < -0.39 is 29.1 Å². The molecule has 1 aromatic heterocycles. The second-order valence-electron chi connectivity index (χ2n) is 11.1. The maximum Gasteiger partial charge on any atom is 0.177 e. The van der Waals surface area contributed by atoms with E-state index in [2.05, 4.69) is 36.7 Å². The van der Waals surface area contributed by atoms with Crippen LogP contribution in [0.1, 0.15) is 48.9 Å². The molecule has 0 saturated heterocycles. The smallest absolute Gasteiger partial charge is 0.177 e. The third-order valence-electron chi connectivity index (χ3n) is 8.25. The van der Waals surface area contributed by atoms with Crippen LogP contribution >= 0.6 is 0 Å². The van der Waals surface area contributed by atoms with E-state index in [0.29, 0.717) is 34.7 Å². The number of nitrogens with zero attached hydrogens (tertiary/aromatic N) is 3. The largest absolute Gasteiger partial charge is 0.495 e. The summed E-state index contributed by atoms with van der Waals surface area (Å²) < 4.78 is 12.4. The maximum atomic E-state index is 12.8. The van der Waals surface area contributed by atoms with E-state index >= 15 is 0 Å². The highest BCUT2D eigenvalue weighted by Crippen LogP contribution is 2.69. The molecule has 2 aliphatic rings. The van der Waals surface area contributed by atoms with Crippen LogP contribution in [-0.2, 0) is 11.2 Å². The molecule has 0 amide bonds. The number of fused-ring (bicyclic) bond motifs is 3. The van der Waals surface area contributed by atoms with Gasteiger partial charge in [0.25, 0.3) is 0 Å². The molecule has 0 bridgehead atoms. The average Bonchev–Trinajstić information content (AvgIpc) is 3.27. The van der Waals surface area contributed by atoms with Gasteiger partial charge in [-0.15, -0.1) is 0 Å². The number of pyridine rings is 1. The van der Waals surface area contributed by atoms with Gasteiger partial charge in [0.15, 0.2) is 11.2 Å². The first-order chi connectivity index (χ1) is 17.6. The van der Waals surface area contributed by atoms with E-state index in [1.807, 2.05) is 49.5 Å². The standard InChI is InChI=1S/C30H33N3O4/c1-28(2,3)33(4)18-22-25(20-9-7-6-8-10-20)30(21-13-11-19(15-31)12-14-21)29(35,27(22)34)26-23(36-5)16-32-17-24(26)37-30/h6-14,16-17,22,25,27,34-35H,18H2,1-5H3/t22-,25-,27-,29+,30+/m1/s1. The SMILES string of the molecule is COc1cncc2c1[C@]1(O)[C@H](O)[C@H](CN(C)C(C)(C)C)[C@@H](c3ccccc3)[C@]1(c1ccc(C#N)cc1)O2. The molecule has 37 heavy (non-hydrogen) atoms. The molecule has 1 saturated carbocycles. The second-order valence-corrected chi connectivity index (χ2v) is 11.1. The van der Waals surface area contributed by atoms with Crippen molar-refractivity contribution in [1.29, 1.82) is 5.26 Å². The topological polar surface area (TPSA) is 98.8 Å². The minimum absolute atomic E-state index is 0.163. The summed E-state index contributed by atoms with van der Waals surface area (Å²) in [6.45, 7) is 6.88. The Morgan fingerprint density at radius 1 is 1.11 bits per heavy atom. The summed E-state index contributed by atoms with van der Waals surface area (Å²) in [6, 6.07) is 19.1. The van der Waals surface area contributed by atoms with Crippen LogP contribution in [0.4, 0.5) is 0 Å². The Kier molecular flexibility index (Phi) is 6.03. The Labute approximate surface area is 217 Å². The molecule has 7 nitrogen and oxygen atoms in total. The number of benzene rings is 2. The zero-order chi connectivity index (χ0) is 26.6. The summed E-state index contributed by atoms with van der Waals surface area (Å²) in [5.41, 5.74) is -0.919. The Morgan fingerprint density at radius 3 is 2.38 bits per heavy atom. The van der Waals surface area contributed by atoms with Gasteiger partial charge >= 0.3 is 0 Å². The fraction of sp³-hybridized carbons (Fsp3) is 0.400. The van der Waals surface area contributed by atoms with Gasteiger partial charge in [0.1, 0.15) is 11.5 Å². The van der Waals surface area contributed by atoms with Gasteiger partial charge in [0.2, 0.25) is 0 Å². The highest BCUT2D eigenvalue weighted by atomic mass is 16.5. The van der Waals surface area contributed by atoms with Gasteiger partial charge < -0.3 is 24.6 Å². The van der Waals surface area contributed by atoms with Gasteiger partial charge in [-0.1, -0.05) is 42.5 Å². The van der Waals surface area contributed by atoms with Gasteiger partial charge in [-0.2, -0.15) is 5.26 Å². The summed E-state index contributed by atoms with van der Waals surface area (Å²) in [7, 11) is 3.55. The van der Waals surface area contributed by atoms with E-state index in [1.165, 1.54) is 13.3 Å². The lowest BCUT2D eigenvalue weighted by Gasteiger charge is -2.41. The molecule has 0 radical (unpaired) electrons. The van der Waals surface area contributed by atoms with Crippen molar-refractivity contribution in [2.24, 2.45) is 5.92 Å². The highest BCUT2D eigenvalue weighted by Gasteiger charge is 2.76. The molecule has 1 aliphatic carbocycles. The minimum atomic E-state index is -1.85. The van der Waals surface area contributed by atoms with E-state index in [9.17, 15) is 15.5 Å². The van der Waals surface area contributed by atoms with Crippen molar-refractivity contribution in [2.75, 3.05) is 20.7 Å². The molecule has 5 atom stereocenters. The minimum Gasteiger partial charge on any atom is -0.495 e. The molecule has 0 spiro atoms. The number of rotatable bonds is 5. The van der Waals surface area contributed by atoms with Crippen molar-refractivity contribution in [1.82, 2.24) is 9.88 Å². The zero-order valence-corrected chi connectivity index (χ0v) is 21.8.